The highest BCUT2D eigenvalue weighted by Gasteiger charge is 2.29. The van der Waals surface area contributed by atoms with Gasteiger partial charge in [0.15, 0.2) is 5.82 Å². The summed E-state index contributed by atoms with van der Waals surface area (Å²) in [6.07, 6.45) is 2.86. The molecule has 0 saturated carbocycles. The van der Waals surface area contributed by atoms with Gasteiger partial charge < -0.3 is 5.32 Å². The molecule has 1 amide bonds. The first-order chi connectivity index (χ1) is 9.24. The normalized spacial score (nSPS) is 17.0. The molecule has 19 heavy (non-hydrogen) atoms. The lowest BCUT2D eigenvalue weighted by Gasteiger charge is -2.10. The Morgan fingerprint density at radius 2 is 2.16 bits per heavy atom. The van der Waals surface area contributed by atoms with E-state index in [9.17, 15) is 4.79 Å². The van der Waals surface area contributed by atoms with E-state index in [-0.39, 0.29) is 11.8 Å². The molecule has 1 aromatic carbocycles. The Kier molecular flexibility index (Phi) is 3.40. The molecule has 6 heteroatoms. The number of hydrogen-bond donors (Lipinski definition) is 1. The van der Waals surface area contributed by atoms with Gasteiger partial charge >= 0.3 is 0 Å². The number of nitrogens with zero attached hydrogens (tertiary/aromatic N) is 2. The third-order valence-electron chi connectivity index (χ3n) is 2.89. The second-order valence-corrected chi connectivity index (χ2v) is 5.56. The molecular weight excluding hydrogens is 282 g/mol. The summed E-state index contributed by atoms with van der Waals surface area (Å²) < 4.78 is 0. The van der Waals surface area contributed by atoms with Crippen LogP contribution in [0.25, 0.3) is 0 Å². The molecule has 0 spiro atoms. The van der Waals surface area contributed by atoms with Crippen LogP contribution in [-0.2, 0) is 4.79 Å². The van der Waals surface area contributed by atoms with Crippen LogP contribution in [0.4, 0.5) is 5.82 Å². The molecular formula is C13H10ClN3OS. The third-order valence-corrected chi connectivity index (χ3v) is 4.27. The highest BCUT2D eigenvalue weighted by molar-refractivity contribution is 7.99. The van der Waals surface area contributed by atoms with Crippen molar-refractivity contribution < 1.29 is 4.79 Å². The Hall–Kier alpha value is -1.59. The predicted molar refractivity (Wildman–Crippen MR) is 75.6 cm³/mol. The molecule has 0 radical (unpaired) electrons. The number of benzene rings is 1. The van der Waals surface area contributed by atoms with Crippen molar-refractivity contribution in [2.24, 2.45) is 0 Å². The average Bonchev–Trinajstić information content (AvgIpc) is 2.85. The van der Waals surface area contributed by atoms with Crippen LogP contribution in [0, 0.1) is 0 Å². The summed E-state index contributed by atoms with van der Waals surface area (Å²) >= 11 is 7.35. The number of hydrogen-bond acceptors (Lipinski definition) is 4. The molecule has 0 saturated heterocycles. The van der Waals surface area contributed by atoms with Crippen LogP contribution < -0.4 is 5.32 Å². The molecule has 1 aliphatic rings. The van der Waals surface area contributed by atoms with Crippen LogP contribution in [0.5, 0.6) is 0 Å². The molecule has 1 unspecified atom stereocenters. The molecule has 1 N–H and O–H groups in total. The van der Waals surface area contributed by atoms with Gasteiger partial charge in [-0.15, -0.1) is 11.8 Å². The minimum Gasteiger partial charge on any atom is -0.309 e. The maximum Gasteiger partial charge on any atom is 0.234 e. The van der Waals surface area contributed by atoms with Crippen molar-refractivity contribution in [1.29, 1.82) is 0 Å². The molecule has 0 aliphatic carbocycles. The second kappa shape index (κ2) is 5.19. The number of halogens is 1. The van der Waals surface area contributed by atoms with Gasteiger partial charge in [0.2, 0.25) is 5.91 Å². The van der Waals surface area contributed by atoms with Gasteiger partial charge in [-0.25, -0.2) is 9.97 Å². The third kappa shape index (κ3) is 2.57. The lowest BCUT2D eigenvalue weighted by atomic mass is 10.0. The van der Waals surface area contributed by atoms with Gasteiger partial charge in [0.05, 0.1) is 18.3 Å². The van der Waals surface area contributed by atoms with Gasteiger partial charge in [-0.1, -0.05) is 29.8 Å². The number of amides is 1. The molecule has 1 atom stereocenters. The summed E-state index contributed by atoms with van der Waals surface area (Å²) in [6, 6.07) is 7.96. The first kappa shape index (κ1) is 12.4. The van der Waals surface area contributed by atoms with Crippen LogP contribution in [0.15, 0.2) is 41.6 Å². The van der Waals surface area contributed by atoms with Gasteiger partial charge in [0.25, 0.3) is 0 Å². The monoisotopic (exact) mass is 291 g/mol. The second-order valence-electron chi connectivity index (χ2n) is 4.12. The Balaban J connectivity index is 1.77. The lowest BCUT2D eigenvalue weighted by molar-refractivity contribution is -0.117. The van der Waals surface area contributed by atoms with Crippen molar-refractivity contribution in [3.8, 4) is 0 Å². The molecule has 0 bridgehead atoms. The molecule has 4 nitrogen and oxygen atoms in total. The minimum absolute atomic E-state index is 0.0610. The van der Waals surface area contributed by atoms with E-state index in [1.807, 2.05) is 24.3 Å². The number of thioether (sulfide) groups is 1. The largest absolute Gasteiger partial charge is 0.309 e. The Morgan fingerprint density at radius 1 is 1.32 bits per heavy atom. The Labute approximate surface area is 119 Å². The van der Waals surface area contributed by atoms with E-state index in [1.165, 1.54) is 17.3 Å². The summed E-state index contributed by atoms with van der Waals surface area (Å²) in [7, 11) is 0. The van der Waals surface area contributed by atoms with Crippen LogP contribution in [0.2, 0.25) is 5.15 Å². The van der Waals surface area contributed by atoms with Crippen LogP contribution in [0.3, 0.4) is 0 Å². The number of rotatable bonds is 2. The predicted octanol–water partition coefficient (Wildman–Crippen LogP) is 2.96. The number of nitrogens with one attached hydrogen (secondary N) is 1. The zero-order valence-electron chi connectivity index (χ0n) is 9.84. The van der Waals surface area contributed by atoms with Crippen molar-refractivity contribution in [1.82, 2.24) is 9.97 Å². The topological polar surface area (TPSA) is 54.9 Å². The van der Waals surface area contributed by atoms with Crippen LogP contribution in [-0.4, -0.2) is 21.6 Å². The number of carbonyl (C=O) groups is 1. The fourth-order valence-electron chi connectivity index (χ4n) is 1.97. The van der Waals surface area contributed by atoms with E-state index >= 15 is 0 Å². The summed E-state index contributed by atoms with van der Waals surface area (Å²) in [4.78, 5) is 21.3. The van der Waals surface area contributed by atoms with Gasteiger partial charge in [0.1, 0.15) is 5.15 Å². The maximum absolute atomic E-state index is 12.2. The first-order valence-electron chi connectivity index (χ1n) is 5.74. The fraction of sp³-hybridized carbons (Fsp3) is 0.154. The summed E-state index contributed by atoms with van der Waals surface area (Å²) in [6.45, 7) is 0. The standard InChI is InChI=1S/C13H10ClN3OS/c14-11-5-16-12(6-15-11)17-13(18)9-7-19-10-4-2-1-3-8(9)10/h1-6,9H,7H2,(H,16,17,18). The molecule has 1 aromatic heterocycles. The van der Waals surface area contributed by atoms with Crippen LogP contribution in [0.1, 0.15) is 11.5 Å². The summed E-state index contributed by atoms with van der Waals surface area (Å²) in [5.74, 6) is 0.975. The number of carbonyl (C=O) groups excluding carboxylic acids is 1. The van der Waals surface area contributed by atoms with Gasteiger partial charge in [-0.05, 0) is 11.6 Å². The minimum atomic E-state index is -0.140. The van der Waals surface area contributed by atoms with E-state index in [0.29, 0.717) is 11.0 Å². The van der Waals surface area contributed by atoms with Crippen molar-refractivity contribution in [2.45, 2.75) is 10.8 Å². The van der Waals surface area contributed by atoms with Gasteiger partial charge in [0, 0.05) is 10.6 Å². The molecule has 2 aromatic rings. The maximum atomic E-state index is 12.2. The van der Waals surface area contributed by atoms with Gasteiger partial charge in [-0.3, -0.25) is 4.79 Å². The molecule has 0 fully saturated rings. The number of fused-ring (bicyclic) bond motifs is 1. The number of anilines is 1. The first-order valence-corrected chi connectivity index (χ1v) is 7.10. The van der Waals surface area contributed by atoms with Crippen molar-refractivity contribution in [3.05, 3.63) is 47.4 Å². The van der Waals surface area contributed by atoms with E-state index in [2.05, 4.69) is 15.3 Å². The van der Waals surface area contributed by atoms with E-state index < -0.39 is 0 Å². The molecule has 1 aliphatic heterocycles. The zero-order chi connectivity index (χ0) is 13.2. The summed E-state index contributed by atoms with van der Waals surface area (Å²) in [5, 5.41) is 3.07. The van der Waals surface area contributed by atoms with Crippen LogP contribution >= 0.6 is 23.4 Å². The highest BCUT2D eigenvalue weighted by atomic mass is 35.5. The molecule has 2 heterocycles. The quantitative estimate of drug-likeness (QED) is 0.924. The van der Waals surface area contributed by atoms with Crippen molar-refractivity contribution in [3.63, 3.8) is 0 Å². The highest BCUT2D eigenvalue weighted by Crippen LogP contribution is 2.39. The molecule has 3 rings (SSSR count). The van der Waals surface area contributed by atoms with Gasteiger partial charge in [-0.2, -0.15) is 0 Å². The van der Waals surface area contributed by atoms with E-state index in [4.69, 9.17) is 11.6 Å². The molecule has 96 valence electrons. The van der Waals surface area contributed by atoms with Crippen molar-refractivity contribution in [2.75, 3.05) is 11.1 Å². The number of aromatic nitrogens is 2. The smallest absolute Gasteiger partial charge is 0.234 e. The van der Waals surface area contributed by atoms with E-state index in [1.54, 1.807) is 11.8 Å². The zero-order valence-corrected chi connectivity index (χ0v) is 11.4. The van der Waals surface area contributed by atoms with Crippen molar-refractivity contribution >= 4 is 35.1 Å². The average molecular weight is 292 g/mol. The Bertz CT molecular complexity index is 618. The fourth-order valence-corrected chi connectivity index (χ4v) is 3.30. The Morgan fingerprint density at radius 3 is 2.95 bits per heavy atom. The van der Waals surface area contributed by atoms with E-state index in [0.717, 1.165) is 11.3 Å². The lowest BCUT2D eigenvalue weighted by Crippen LogP contribution is -2.21. The summed E-state index contributed by atoms with van der Waals surface area (Å²) in [5.41, 5.74) is 1.08. The SMILES string of the molecule is O=C(Nc1cnc(Cl)cn1)C1CSc2ccccc21.